The molecule has 0 aliphatic carbocycles. The molecular formula is C14H12ClN3O4. The van der Waals surface area contributed by atoms with Crippen LogP contribution in [0, 0.1) is 10.1 Å². The number of nitrogens with zero attached hydrogens (tertiary/aromatic N) is 3. The fraction of sp³-hybridized carbons (Fsp3) is 0.143. The number of nitro groups is 1. The number of hydrogen-bond donors (Lipinski definition) is 0. The van der Waals surface area contributed by atoms with Crippen molar-refractivity contribution < 1.29 is 4.92 Å². The first kappa shape index (κ1) is 15.7. The zero-order valence-electron chi connectivity index (χ0n) is 11.8. The van der Waals surface area contributed by atoms with Crippen molar-refractivity contribution in [3.8, 4) is 0 Å². The Kier molecular flexibility index (Phi) is 4.27. The first-order valence-corrected chi connectivity index (χ1v) is 6.58. The number of hydrogen-bond acceptors (Lipinski definition) is 4. The molecule has 0 fully saturated rings. The topological polar surface area (TPSA) is 87.1 Å². The molecule has 0 aliphatic heterocycles. The standard InChI is InChI=1S/C14H12ClN3O4/c1-16-11(8-5-9-3-6-10(15)7-4-9)12(18(21)22)13(19)17(2)14(16)20/h3-8H,1-2H3. The van der Waals surface area contributed by atoms with Gasteiger partial charge in [-0.15, -0.1) is 0 Å². The SMILES string of the molecule is Cn1c(C=Cc2ccc(Cl)cc2)c([N+](=O)[O-])c(=O)n(C)c1=O. The van der Waals surface area contributed by atoms with Crippen molar-refractivity contribution >= 4 is 29.4 Å². The van der Waals surface area contributed by atoms with Crippen molar-refractivity contribution in [2.24, 2.45) is 14.1 Å². The molecule has 114 valence electrons. The van der Waals surface area contributed by atoms with Gasteiger partial charge in [-0.25, -0.2) is 4.79 Å². The third kappa shape index (κ3) is 2.84. The van der Waals surface area contributed by atoms with E-state index in [1.54, 1.807) is 30.3 Å². The molecule has 1 aromatic carbocycles. The molecule has 22 heavy (non-hydrogen) atoms. The molecule has 0 saturated carbocycles. The van der Waals surface area contributed by atoms with Crippen molar-refractivity contribution in [2.45, 2.75) is 0 Å². The maximum atomic E-state index is 11.9. The summed E-state index contributed by atoms with van der Waals surface area (Å²) in [5.74, 6) is 0. The molecule has 0 spiro atoms. The third-order valence-corrected chi connectivity index (χ3v) is 3.42. The number of benzene rings is 1. The van der Waals surface area contributed by atoms with E-state index >= 15 is 0 Å². The van der Waals surface area contributed by atoms with Gasteiger partial charge in [0, 0.05) is 19.1 Å². The normalized spacial score (nSPS) is 11.0. The van der Waals surface area contributed by atoms with E-state index in [4.69, 9.17) is 11.6 Å². The molecule has 0 radical (unpaired) electrons. The molecule has 0 unspecified atom stereocenters. The maximum absolute atomic E-state index is 11.9. The third-order valence-electron chi connectivity index (χ3n) is 3.17. The summed E-state index contributed by atoms with van der Waals surface area (Å²) in [6.07, 6.45) is 2.93. The van der Waals surface area contributed by atoms with Crippen LogP contribution in [0.1, 0.15) is 11.3 Å². The second-order valence-corrected chi connectivity index (χ2v) is 5.02. The van der Waals surface area contributed by atoms with Gasteiger partial charge in [0.1, 0.15) is 5.69 Å². The molecule has 0 atom stereocenters. The number of halogens is 1. The Morgan fingerprint density at radius 2 is 1.68 bits per heavy atom. The van der Waals surface area contributed by atoms with Gasteiger partial charge in [0.05, 0.1) is 4.92 Å². The largest absolute Gasteiger partial charge is 0.357 e. The molecular weight excluding hydrogens is 310 g/mol. The van der Waals surface area contributed by atoms with Crippen LogP contribution in [0.25, 0.3) is 12.2 Å². The predicted octanol–water partition coefficient (Wildman–Crippen LogP) is 1.82. The van der Waals surface area contributed by atoms with Crippen LogP contribution in [-0.4, -0.2) is 14.1 Å². The van der Waals surface area contributed by atoms with E-state index < -0.39 is 21.9 Å². The Morgan fingerprint density at radius 3 is 2.23 bits per heavy atom. The van der Waals surface area contributed by atoms with E-state index in [1.165, 1.54) is 20.2 Å². The van der Waals surface area contributed by atoms with E-state index in [0.29, 0.717) is 9.59 Å². The average molecular weight is 322 g/mol. The second kappa shape index (κ2) is 5.98. The van der Waals surface area contributed by atoms with Crippen molar-refractivity contribution in [3.63, 3.8) is 0 Å². The van der Waals surface area contributed by atoms with E-state index in [0.717, 1.165) is 10.1 Å². The molecule has 0 aliphatic rings. The van der Waals surface area contributed by atoms with Gasteiger partial charge >= 0.3 is 16.9 Å². The Bertz CT molecular complexity index is 879. The van der Waals surface area contributed by atoms with Gasteiger partial charge in [-0.1, -0.05) is 29.8 Å². The molecule has 1 aromatic heterocycles. The van der Waals surface area contributed by atoms with Crippen molar-refractivity contribution in [3.05, 3.63) is 71.5 Å². The summed E-state index contributed by atoms with van der Waals surface area (Å²) in [6.45, 7) is 0. The minimum absolute atomic E-state index is 0.0620. The Labute approximate surface area is 129 Å². The quantitative estimate of drug-likeness (QED) is 0.637. The van der Waals surface area contributed by atoms with Gasteiger partial charge < -0.3 is 0 Å². The van der Waals surface area contributed by atoms with Crippen LogP contribution in [0.2, 0.25) is 5.02 Å². The zero-order chi connectivity index (χ0) is 16.4. The lowest BCUT2D eigenvalue weighted by molar-refractivity contribution is -0.387. The van der Waals surface area contributed by atoms with Gasteiger partial charge in [0.15, 0.2) is 0 Å². The monoisotopic (exact) mass is 321 g/mol. The maximum Gasteiger partial charge on any atom is 0.357 e. The summed E-state index contributed by atoms with van der Waals surface area (Å²) in [5, 5.41) is 11.7. The first-order valence-electron chi connectivity index (χ1n) is 6.21. The highest BCUT2D eigenvalue weighted by Gasteiger charge is 2.23. The average Bonchev–Trinajstić information content (AvgIpc) is 2.48. The van der Waals surface area contributed by atoms with Gasteiger partial charge in [-0.2, -0.15) is 0 Å². The molecule has 8 heteroatoms. The number of aromatic nitrogens is 2. The summed E-state index contributed by atoms with van der Waals surface area (Å²) < 4.78 is 1.77. The van der Waals surface area contributed by atoms with Crippen molar-refractivity contribution in [2.75, 3.05) is 0 Å². The van der Waals surface area contributed by atoms with Crippen molar-refractivity contribution in [1.82, 2.24) is 9.13 Å². The van der Waals surface area contributed by atoms with E-state index in [2.05, 4.69) is 0 Å². The number of rotatable bonds is 3. The Hall–Kier alpha value is -2.67. The fourth-order valence-electron chi connectivity index (χ4n) is 1.95. The minimum atomic E-state index is -0.941. The summed E-state index contributed by atoms with van der Waals surface area (Å²) in [6, 6.07) is 6.75. The van der Waals surface area contributed by atoms with Gasteiger partial charge in [-0.3, -0.25) is 24.0 Å². The summed E-state index contributed by atoms with van der Waals surface area (Å²) in [5.41, 5.74) is -1.55. The molecule has 2 aromatic rings. The van der Waals surface area contributed by atoms with Crippen LogP contribution in [0.5, 0.6) is 0 Å². The lowest BCUT2D eigenvalue weighted by Crippen LogP contribution is -2.39. The van der Waals surface area contributed by atoms with Crippen molar-refractivity contribution in [1.29, 1.82) is 0 Å². The van der Waals surface area contributed by atoms with Crippen LogP contribution in [0.3, 0.4) is 0 Å². The van der Waals surface area contributed by atoms with E-state index in [-0.39, 0.29) is 5.69 Å². The van der Waals surface area contributed by atoms with Crippen LogP contribution < -0.4 is 11.2 Å². The van der Waals surface area contributed by atoms with E-state index in [1.807, 2.05) is 0 Å². The summed E-state index contributed by atoms with van der Waals surface area (Å²) in [4.78, 5) is 34.2. The van der Waals surface area contributed by atoms with Crippen LogP contribution >= 0.6 is 11.6 Å². The molecule has 1 heterocycles. The minimum Gasteiger partial charge on any atom is -0.291 e. The first-order chi connectivity index (χ1) is 10.3. The Morgan fingerprint density at radius 1 is 1.09 bits per heavy atom. The highest BCUT2D eigenvalue weighted by Crippen LogP contribution is 2.16. The molecule has 7 nitrogen and oxygen atoms in total. The van der Waals surface area contributed by atoms with E-state index in [9.17, 15) is 19.7 Å². The molecule has 0 bridgehead atoms. The highest BCUT2D eigenvalue weighted by molar-refractivity contribution is 6.30. The van der Waals surface area contributed by atoms with Crippen LogP contribution in [0.15, 0.2) is 33.9 Å². The van der Waals surface area contributed by atoms with Gasteiger partial charge in [-0.05, 0) is 23.8 Å². The summed E-state index contributed by atoms with van der Waals surface area (Å²) >= 11 is 5.78. The lowest BCUT2D eigenvalue weighted by atomic mass is 10.2. The molecule has 0 saturated heterocycles. The zero-order valence-corrected chi connectivity index (χ0v) is 12.6. The lowest BCUT2D eigenvalue weighted by Gasteiger charge is -2.06. The molecule has 2 rings (SSSR count). The van der Waals surface area contributed by atoms with Crippen LogP contribution in [-0.2, 0) is 14.1 Å². The molecule has 0 amide bonds. The Balaban J connectivity index is 2.64. The van der Waals surface area contributed by atoms with Crippen LogP contribution in [0.4, 0.5) is 5.69 Å². The molecule has 0 N–H and O–H groups in total. The summed E-state index contributed by atoms with van der Waals surface area (Å²) in [7, 11) is 2.57. The predicted molar refractivity (Wildman–Crippen MR) is 84.0 cm³/mol. The van der Waals surface area contributed by atoms with Gasteiger partial charge in [0.2, 0.25) is 0 Å². The fourth-order valence-corrected chi connectivity index (χ4v) is 2.08. The smallest absolute Gasteiger partial charge is 0.291 e. The van der Waals surface area contributed by atoms with Gasteiger partial charge in [0.25, 0.3) is 0 Å². The highest BCUT2D eigenvalue weighted by atomic mass is 35.5. The second-order valence-electron chi connectivity index (χ2n) is 4.58.